The van der Waals surface area contributed by atoms with Crippen molar-refractivity contribution in [2.45, 2.75) is 102 Å². The van der Waals surface area contributed by atoms with Crippen LogP contribution in [-0.4, -0.2) is 91.4 Å². The fraction of sp³-hybridized carbons (Fsp3) is 0.903. The van der Waals surface area contributed by atoms with Crippen molar-refractivity contribution < 1.29 is 59.1 Å². The molecule has 0 unspecified atom stereocenters. The third kappa shape index (κ3) is 6.52. The van der Waals surface area contributed by atoms with Gasteiger partial charge in [0, 0.05) is 0 Å². The number of rotatable bonds is 12. The van der Waals surface area contributed by atoms with Crippen molar-refractivity contribution in [3.63, 3.8) is 0 Å². The van der Waals surface area contributed by atoms with Crippen molar-refractivity contribution in [2.75, 3.05) is 19.8 Å². The minimum atomic E-state index is -6.45. The van der Waals surface area contributed by atoms with Gasteiger partial charge in [-0.05, 0) is 119 Å². The van der Waals surface area contributed by atoms with E-state index in [1.165, 1.54) is 6.92 Å². The van der Waals surface area contributed by atoms with Crippen molar-refractivity contribution >= 4 is 57.6 Å². The van der Waals surface area contributed by atoms with Gasteiger partial charge in [-0.25, -0.2) is 0 Å². The normalized spacial score (nSPS) is 37.3. The fourth-order valence-electron chi connectivity index (χ4n) is 10.4. The zero-order chi connectivity index (χ0) is 32.6. The Morgan fingerprint density at radius 1 is 0.696 bits per heavy atom. The summed E-state index contributed by atoms with van der Waals surface area (Å²) in [4.78, 5) is 40.4. The molecule has 46 heavy (non-hydrogen) atoms. The third-order valence-corrected chi connectivity index (χ3v) is 12.8. The summed E-state index contributed by atoms with van der Waals surface area (Å²) in [6, 6.07) is 0. The van der Waals surface area contributed by atoms with E-state index in [4.69, 9.17) is 18.8 Å². The molecule has 0 atom stereocenters. The molecule has 0 saturated heterocycles. The predicted molar refractivity (Wildman–Crippen MR) is 155 cm³/mol. The molecule has 0 aliphatic heterocycles. The van der Waals surface area contributed by atoms with E-state index in [9.17, 15) is 40.4 Å². The summed E-state index contributed by atoms with van der Waals surface area (Å²) in [6.45, 7) is -1.21. The second-order valence-corrected chi connectivity index (χ2v) is 17.2. The zero-order valence-corrected chi connectivity index (χ0v) is 26.2. The van der Waals surface area contributed by atoms with Crippen LogP contribution in [0.25, 0.3) is 0 Å². The Morgan fingerprint density at radius 2 is 1.02 bits per heavy atom. The summed E-state index contributed by atoms with van der Waals surface area (Å²) in [5.41, 5.74) is -3.19. The number of halogens is 4. The van der Waals surface area contributed by atoms with Crippen LogP contribution in [0.2, 0.25) is 0 Å². The molecule has 15 heteroatoms. The van der Waals surface area contributed by atoms with Gasteiger partial charge in [-0.1, -0.05) is 0 Å². The summed E-state index contributed by atoms with van der Waals surface area (Å²) >= 11 is 0. The molecule has 8 fully saturated rings. The van der Waals surface area contributed by atoms with Gasteiger partial charge in [0.1, 0.15) is 18.6 Å². The van der Waals surface area contributed by atoms with Crippen molar-refractivity contribution in [3.05, 3.63) is 0 Å². The van der Waals surface area contributed by atoms with Gasteiger partial charge in [0.2, 0.25) is 0 Å². The monoisotopic (exact) mass is 690 g/mol. The second kappa shape index (κ2) is 12.4. The number of alkyl halides is 4. The van der Waals surface area contributed by atoms with Gasteiger partial charge in [0.15, 0.2) is 0 Å². The number of esters is 3. The van der Waals surface area contributed by atoms with Crippen LogP contribution in [0.4, 0.5) is 17.6 Å². The molecule has 8 bridgehead atoms. The molecule has 8 aliphatic rings. The number of carbonyl (C=O) groups is 3. The van der Waals surface area contributed by atoms with Crippen LogP contribution in [-0.2, 0) is 38.7 Å². The first-order valence-electron chi connectivity index (χ1n) is 16.1. The summed E-state index contributed by atoms with van der Waals surface area (Å²) in [5, 5.41) is -5.81. The summed E-state index contributed by atoms with van der Waals surface area (Å²) in [7, 11) is -6.45. The van der Waals surface area contributed by atoms with E-state index in [-0.39, 0.29) is 29.6 Å². The molecule has 256 valence electrons. The molecule has 0 radical (unpaired) electrons. The van der Waals surface area contributed by atoms with Crippen molar-refractivity contribution in [3.8, 4) is 0 Å². The minimum absolute atomic E-state index is 0. The molecule has 0 spiro atoms. The maximum atomic E-state index is 14.1. The topological polar surface area (TPSA) is 133 Å². The first-order valence-corrected chi connectivity index (χ1v) is 17.5. The molecular formula is C31H43F4NaO9S. The Kier molecular flexibility index (Phi) is 9.81. The average Bonchev–Trinajstić information content (AvgIpc) is 2.92. The molecule has 0 aromatic carbocycles. The second-order valence-electron chi connectivity index (χ2n) is 15.7. The van der Waals surface area contributed by atoms with Crippen LogP contribution in [0.15, 0.2) is 0 Å². The number of hydrogen-bond acceptors (Lipinski definition) is 8. The Bertz CT molecular complexity index is 1210. The van der Waals surface area contributed by atoms with Gasteiger partial charge in [-0.3, -0.25) is 18.9 Å². The van der Waals surface area contributed by atoms with Crippen LogP contribution in [0.3, 0.4) is 0 Å². The van der Waals surface area contributed by atoms with Crippen LogP contribution < -0.4 is 0 Å². The predicted octanol–water partition coefficient (Wildman–Crippen LogP) is 4.91. The molecule has 0 aromatic rings. The molecule has 8 aliphatic carbocycles. The van der Waals surface area contributed by atoms with Crippen molar-refractivity contribution in [2.24, 2.45) is 51.8 Å². The fourth-order valence-corrected chi connectivity index (χ4v) is 10.9. The van der Waals surface area contributed by atoms with E-state index in [2.05, 4.69) is 0 Å². The van der Waals surface area contributed by atoms with E-state index in [0.717, 1.165) is 38.5 Å². The first-order chi connectivity index (χ1) is 20.9. The van der Waals surface area contributed by atoms with Gasteiger partial charge >= 0.3 is 68.8 Å². The van der Waals surface area contributed by atoms with E-state index in [0.29, 0.717) is 74.0 Å². The first kappa shape index (κ1) is 36.3. The maximum absolute atomic E-state index is 14.1. The average molecular weight is 691 g/mol. The molecule has 8 rings (SSSR count). The molecule has 8 saturated carbocycles. The van der Waals surface area contributed by atoms with Gasteiger partial charge in [0.05, 0.1) is 23.9 Å². The summed E-state index contributed by atoms with van der Waals surface area (Å²) < 4.78 is 102. The molecule has 0 amide bonds. The van der Waals surface area contributed by atoms with Gasteiger partial charge < -0.3 is 14.2 Å². The van der Waals surface area contributed by atoms with Crippen LogP contribution in [0.5, 0.6) is 0 Å². The Morgan fingerprint density at radius 3 is 1.33 bits per heavy atom. The van der Waals surface area contributed by atoms with Crippen LogP contribution >= 0.6 is 0 Å². The van der Waals surface area contributed by atoms with Crippen molar-refractivity contribution in [1.29, 1.82) is 0 Å². The Labute approximate surface area is 288 Å². The van der Waals surface area contributed by atoms with Gasteiger partial charge in [-0.15, -0.1) is 0 Å². The number of ether oxygens (including phenoxy) is 3. The van der Waals surface area contributed by atoms with E-state index >= 15 is 0 Å². The van der Waals surface area contributed by atoms with E-state index < -0.39 is 81.7 Å². The summed E-state index contributed by atoms with van der Waals surface area (Å²) in [6.07, 6.45) is 8.72. The van der Waals surface area contributed by atoms with E-state index in [1.807, 2.05) is 0 Å². The quantitative estimate of drug-likeness (QED) is 0.0997. The van der Waals surface area contributed by atoms with E-state index in [1.54, 1.807) is 0 Å². The Balaban J connectivity index is 0.00000417. The van der Waals surface area contributed by atoms with Crippen LogP contribution in [0, 0.1) is 51.8 Å². The number of hydrogen-bond donors (Lipinski definition) is 1. The molecule has 1 N–H and O–H groups in total. The molecule has 0 heterocycles. The molecular weight excluding hydrogens is 647 g/mol. The molecule has 9 nitrogen and oxygen atoms in total. The number of carbonyl (C=O) groups excluding carboxylic acids is 3. The summed E-state index contributed by atoms with van der Waals surface area (Å²) in [5.74, 6) is -4.81. The van der Waals surface area contributed by atoms with Gasteiger partial charge in [0.25, 0.3) is 0 Å². The van der Waals surface area contributed by atoms with Crippen LogP contribution in [0.1, 0.15) is 90.4 Å². The SMILES string of the molecule is CC(COC(=O)C12CC3CC(CC(C3)C1)C2)(COC(=O)C12CC3CC(CC(C3)C1)C2)C(=O)OCCC(F)(F)C(F)(F)S(=O)(=O)O.[NaH]. The molecule has 0 aromatic heterocycles. The Hall–Kier alpha value is -0.960. The standard InChI is InChI=1S/C31H42F4O9S.Na.H/c1-27(24(36)42-3-2-30(32,33)31(34,35)45(39,40)41,16-43-25(37)28-10-18-4-19(11-28)6-20(5-18)12-28)17-44-26(38)29-13-21-7-22(14-29)9-23(8-21)15-29;;/h18-23H,2-17H2,1H3,(H,39,40,41);;. The van der Waals surface area contributed by atoms with Gasteiger partial charge in [-0.2, -0.15) is 26.0 Å². The zero-order valence-electron chi connectivity index (χ0n) is 25.4. The third-order valence-electron chi connectivity index (χ3n) is 11.9. The van der Waals surface area contributed by atoms with Crippen molar-refractivity contribution in [1.82, 2.24) is 0 Å².